The first-order chi connectivity index (χ1) is 12.1. The van der Waals surface area contributed by atoms with Crippen molar-refractivity contribution in [3.63, 3.8) is 0 Å². The van der Waals surface area contributed by atoms with E-state index >= 15 is 0 Å². The first kappa shape index (κ1) is 18.8. The van der Waals surface area contributed by atoms with Gasteiger partial charge in [-0.3, -0.25) is 4.79 Å². The van der Waals surface area contributed by atoms with Gasteiger partial charge in [0.2, 0.25) is 5.91 Å². The normalized spacial score (nSPS) is 10.7. The second kappa shape index (κ2) is 9.69. The SMILES string of the molecule is CCOc1cc(/C=N\NC(=O)Cc2ccccc2)cc(Cl)c1OCC. The van der Waals surface area contributed by atoms with Gasteiger partial charge in [-0.15, -0.1) is 0 Å². The summed E-state index contributed by atoms with van der Waals surface area (Å²) in [6.45, 7) is 4.74. The monoisotopic (exact) mass is 360 g/mol. The third kappa shape index (κ3) is 5.80. The largest absolute Gasteiger partial charge is 0.490 e. The van der Waals surface area contributed by atoms with Crippen molar-refractivity contribution >= 4 is 23.7 Å². The summed E-state index contributed by atoms with van der Waals surface area (Å²) < 4.78 is 11.1. The summed E-state index contributed by atoms with van der Waals surface area (Å²) in [5.41, 5.74) is 4.14. The van der Waals surface area contributed by atoms with E-state index in [9.17, 15) is 4.79 Å². The molecule has 0 radical (unpaired) electrons. The van der Waals surface area contributed by atoms with E-state index in [0.717, 1.165) is 5.56 Å². The minimum absolute atomic E-state index is 0.190. The van der Waals surface area contributed by atoms with Gasteiger partial charge in [0, 0.05) is 0 Å². The second-order valence-corrected chi connectivity index (χ2v) is 5.56. The Balaban J connectivity index is 2.03. The summed E-state index contributed by atoms with van der Waals surface area (Å²) in [4.78, 5) is 11.9. The van der Waals surface area contributed by atoms with Crippen molar-refractivity contribution in [3.05, 3.63) is 58.6 Å². The van der Waals surface area contributed by atoms with Crippen LogP contribution in [0.4, 0.5) is 0 Å². The van der Waals surface area contributed by atoms with Crippen molar-refractivity contribution in [2.75, 3.05) is 13.2 Å². The lowest BCUT2D eigenvalue weighted by Crippen LogP contribution is -2.19. The van der Waals surface area contributed by atoms with Crippen molar-refractivity contribution < 1.29 is 14.3 Å². The molecule has 0 aromatic heterocycles. The summed E-state index contributed by atoms with van der Waals surface area (Å²) in [7, 11) is 0. The average molecular weight is 361 g/mol. The van der Waals surface area contributed by atoms with Crippen LogP contribution in [-0.4, -0.2) is 25.3 Å². The Morgan fingerprint density at radius 1 is 1.16 bits per heavy atom. The molecular formula is C19H21ClN2O3. The molecule has 0 bridgehead atoms. The molecule has 0 aliphatic carbocycles. The second-order valence-electron chi connectivity index (χ2n) is 5.15. The zero-order chi connectivity index (χ0) is 18.1. The molecule has 1 amide bonds. The van der Waals surface area contributed by atoms with Crippen LogP contribution >= 0.6 is 11.6 Å². The lowest BCUT2D eigenvalue weighted by atomic mass is 10.1. The first-order valence-electron chi connectivity index (χ1n) is 8.09. The van der Waals surface area contributed by atoms with E-state index < -0.39 is 0 Å². The Bertz CT molecular complexity index is 733. The molecule has 5 nitrogen and oxygen atoms in total. The Morgan fingerprint density at radius 2 is 1.88 bits per heavy atom. The van der Waals surface area contributed by atoms with E-state index in [1.54, 1.807) is 12.1 Å². The summed E-state index contributed by atoms with van der Waals surface area (Å²) in [5, 5.41) is 4.41. The molecule has 0 spiro atoms. The maximum Gasteiger partial charge on any atom is 0.244 e. The van der Waals surface area contributed by atoms with Gasteiger partial charge in [-0.25, -0.2) is 5.43 Å². The minimum atomic E-state index is -0.190. The van der Waals surface area contributed by atoms with E-state index in [4.69, 9.17) is 21.1 Å². The smallest absolute Gasteiger partial charge is 0.244 e. The van der Waals surface area contributed by atoms with Crippen molar-refractivity contribution in [2.24, 2.45) is 5.10 Å². The number of hydrogen-bond acceptors (Lipinski definition) is 4. The van der Waals surface area contributed by atoms with Crippen molar-refractivity contribution in [3.8, 4) is 11.5 Å². The number of hydrogen-bond donors (Lipinski definition) is 1. The molecule has 2 rings (SSSR count). The van der Waals surface area contributed by atoms with Gasteiger partial charge in [0.25, 0.3) is 0 Å². The summed E-state index contributed by atoms with van der Waals surface area (Å²) in [6, 6.07) is 13.0. The molecule has 0 aliphatic rings. The van der Waals surface area contributed by atoms with Gasteiger partial charge in [0.15, 0.2) is 11.5 Å². The van der Waals surface area contributed by atoms with Gasteiger partial charge in [0.05, 0.1) is 30.9 Å². The minimum Gasteiger partial charge on any atom is -0.490 e. The molecule has 0 saturated heterocycles. The van der Waals surface area contributed by atoms with Gasteiger partial charge >= 0.3 is 0 Å². The fourth-order valence-electron chi connectivity index (χ4n) is 2.21. The molecule has 0 unspecified atom stereocenters. The molecule has 2 aromatic rings. The summed E-state index contributed by atoms with van der Waals surface area (Å²) >= 11 is 6.24. The number of hydrazone groups is 1. The summed E-state index contributed by atoms with van der Waals surface area (Å²) in [5.74, 6) is 0.870. The molecular weight excluding hydrogens is 340 g/mol. The lowest BCUT2D eigenvalue weighted by Gasteiger charge is -2.13. The van der Waals surface area contributed by atoms with Crippen molar-refractivity contribution in [2.45, 2.75) is 20.3 Å². The molecule has 1 N–H and O–H groups in total. The lowest BCUT2D eigenvalue weighted by molar-refractivity contribution is -0.120. The number of carbonyl (C=O) groups is 1. The highest BCUT2D eigenvalue weighted by Gasteiger charge is 2.11. The van der Waals surface area contributed by atoms with Crippen LogP contribution in [0.2, 0.25) is 5.02 Å². The van der Waals surface area contributed by atoms with Crippen LogP contribution in [0.15, 0.2) is 47.6 Å². The fourth-order valence-corrected chi connectivity index (χ4v) is 2.48. The molecule has 132 valence electrons. The number of carbonyl (C=O) groups excluding carboxylic acids is 1. The van der Waals surface area contributed by atoms with E-state index in [-0.39, 0.29) is 12.3 Å². The molecule has 0 fully saturated rings. The number of amides is 1. The topological polar surface area (TPSA) is 59.9 Å². The van der Waals surface area contributed by atoms with Gasteiger partial charge < -0.3 is 9.47 Å². The van der Waals surface area contributed by atoms with E-state index in [0.29, 0.717) is 35.3 Å². The number of nitrogens with one attached hydrogen (secondary N) is 1. The fraction of sp³-hybridized carbons (Fsp3) is 0.263. The van der Waals surface area contributed by atoms with Crippen LogP contribution in [-0.2, 0) is 11.2 Å². The van der Waals surface area contributed by atoms with Gasteiger partial charge in [-0.05, 0) is 37.1 Å². The molecule has 0 atom stereocenters. The highest BCUT2D eigenvalue weighted by Crippen LogP contribution is 2.36. The molecule has 25 heavy (non-hydrogen) atoms. The highest BCUT2D eigenvalue weighted by atomic mass is 35.5. The first-order valence-corrected chi connectivity index (χ1v) is 8.46. The molecule has 0 saturated carbocycles. The Hall–Kier alpha value is -2.53. The standard InChI is InChI=1S/C19H21ClN2O3/c1-3-24-17-11-15(10-16(20)19(17)25-4-2)13-21-22-18(23)12-14-8-6-5-7-9-14/h5-11,13H,3-4,12H2,1-2H3,(H,22,23)/b21-13-. The van der Waals surface area contributed by atoms with Crippen LogP contribution in [0.25, 0.3) is 0 Å². The summed E-state index contributed by atoms with van der Waals surface area (Å²) in [6.07, 6.45) is 1.79. The van der Waals surface area contributed by atoms with Crippen LogP contribution in [0.1, 0.15) is 25.0 Å². The molecule has 0 heterocycles. The van der Waals surface area contributed by atoms with Crippen molar-refractivity contribution in [1.29, 1.82) is 0 Å². The van der Waals surface area contributed by atoms with Crippen LogP contribution < -0.4 is 14.9 Å². The third-order valence-electron chi connectivity index (χ3n) is 3.23. The molecule has 0 aliphatic heterocycles. The van der Waals surface area contributed by atoms with E-state index in [2.05, 4.69) is 10.5 Å². The predicted molar refractivity (Wildman–Crippen MR) is 99.7 cm³/mol. The van der Waals surface area contributed by atoms with E-state index in [1.165, 1.54) is 6.21 Å². The number of halogens is 1. The van der Waals surface area contributed by atoms with Gasteiger partial charge in [-0.2, -0.15) is 5.10 Å². The number of nitrogens with zero attached hydrogens (tertiary/aromatic N) is 1. The number of ether oxygens (including phenoxy) is 2. The quantitative estimate of drug-likeness (QED) is 0.575. The maximum absolute atomic E-state index is 11.9. The van der Waals surface area contributed by atoms with Gasteiger partial charge in [0.1, 0.15) is 0 Å². The highest BCUT2D eigenvalue weighted by molar-refractivity contribution is 6.32. The zero-order valence-corrected chi connectivity index (χ0v) is 15.0. The maximum atomic E-state index is 11.9. The van der Waals surface area contributed by atoms with Crippen molar-refractivity contribution in [1.82, 2.24) is 5.43 Å². The molecule has 6 heteroatoms. The Labute approximate surface area is 152 Å². The Morgan fingerprint density at radius 3 is 2.56 bits per heavy atom. The van der Waals surface area contributed by atoms with Crippen LogP contribution in [0.3, 0.4) is 0 Å². The number of rotatable bonds is 8. The van der Waals surface area contributed by atoms with Crippen LogP contribution in [0.5, 0.6) is 11.5 Å². The number of benzene rings is 2. The average Bonchev–Trinajstić information content (AvgIpc) is 2.59. The van der Waals surface area contributed by atoms with Crippen LogP contribution in [0, 0.1) is 0 Å². The Kier molecular flexibility index (Phi) is 7.29. The van der Waals surface area contributed by atoms with Gasteiger partial charge in [-0.1, -0.05) is 41.9 Å². The van der Waals surface area contributed by atoms with E-state index in [1.807, 2.05) is 44.2 Å². The predicted octanol–water partition coefficient (Wildman–Crippen LogP) is 3.83. The zero-order valence-electron chi connectivity index (χ0n) is 14.3. The third-order valence-corrected chi connectivity index (χ3v) is 3.51. The molecule has 2 aromatic carbocycles.